The maximum atomic E-state index is 12.8. The minimum absolute atomic E-state index is 0.109. The first kappa shape index (κ1) is 14.6. The monoisotopic (exact) mass is 278 g/mol. The van der Waals surface area contributed by atoms with Crippen LogP contribution < -0.4 is 5.32 Å². The predicted molar refractivity (Wildman–Crippen MR) is 73.6 cm³/mol. The van der Waals surface area contributed by atoms with Gasteiger partial charge in [-0.2, -0.15) is 0 Å². The van der Waals surface area contributed by atoms with Gasteiger partial charge in [0, 0.05) is 12.0 Å². The maximum Gasteiger partial charge on any atom is 0.266 e. The second kappa shape index (κ2) is 6.09. The zero-order chi connectivity index (χ0) is 14.6. The van der Waals surface area contributed by atoms with Crippen LogP contribution in [0.4, 0.5) is 4.39 Å². The Labute approximate surface area is 117 Å². The van der Waals surface area contributed by atoms with E-state index in [2.05, 4.69) is 41.3 Å². The molecular weight excluding hydrogens is 259 g/mol. The van der Waals surface area contributed by atoms with Gasteiger partial charge in [0.2, 0.25) is 5.89 Å². The molecule has 6 heteroatoms. The molecule has 0 aliphatic heterocycles. The van der Waals surface area contributed by atoms with E-state index in [4.69, 9.17) is 4.42 Å². The molecule has 2 aromatic heterocycles. The lowest BCUT2D eigenvalue weighted by atomic mass is 10.1. The fraction of sp³-hybridized carbons (Fsp3) is 0.500. The van der Waals surface area contributed by atoms with Crippen molar-refractivity contribution in [1.29, 1.82) is 0 Å². The van der Waals surface area contributed by atoms with Crippen molar-refractivity contribution in [2.24, 2.45) is 0 Å². The van der Waals surface area contributed by atoms with Gasteiger partial charge in [-0.3, -0.25) is 0 Å². The number of nitrogens with one attached hydrogen (secondary N) is 1. The van der Waals surface area contributed by atoms with Crippen LogP contribution in [0.3, 0.4) is 0 Å². The molecule has 0 spiro atoms. The first-order valence-electron chi connectivity index (χ1n) is 6.63. The van der Waals surface area contributed by atoms with Gasteiger partial charge in [0.05, 0.1) is 6.20 Å². The SMILES string of the molecule is CC(C)(C)NCCCc1nnc(-c2ccc(F)cn2)o1. The highest BCUT2D eigenvalue weighted by Crippen LogP contribution is 2.15. The minimum atomic E-state index is -0.387. The summed E-state index contributed by atoms with van der Waals surface area (Å²) in [6.07, 6.45) is 2.75. The van der Waals surface area contributed by atoms with E-state index in [-0.39, 0.29) is 11.4 Å². The molecule has 2 aromatic rings. The highest BCUT2D eigenvalue weighted by Gasteiger charge is 2.11. The van der Waals surface area contributed by atoms with E-state index < -0.39 is 0 Å². The normalized spacial score (nSPS) is 11.8. The number of rotatable bonds is 5. The average Bonchev–Trinajstić information content (AvgIpc) is 2.83. The summed E-state index contributed by atoms with van der Waals surface area (Å²) in [6.45, 7) is 7.25. The van der Waals surface area contributed by atoms with Crippen LogP contribution in [-0.2, 0) is 6.42 Å². The fourth-order valence-electron chi connectivity index (χ4n) is 1.66. The molecule has 0 aromatic carbocycles. The number of aryl methyl sites for hydroxylation is 1. The first-order chi connectivity index (χ1) is 9.44. The zero-order valence-corrected chi connectivity index (χ0v) is 12.0. The molecule has 0 bridgehead atoms. The second-order valence-electron chi connectivity index (χ2n) is 5.64. The molecule has 0 unspecified atom stereocenters. The molecule has 0 atom stereocenters. The predicted octanol–water partition coefficient (Wildman–Crippen LogP) is 2.59. The van der Waals surface area contributed by atoms with Gasteiger partial charge in [-0.25, -0.2) is 9.37 Å². The molecule has 20 heavy (non-hydrogen) atoms. The Morgan fingerprint density at radius 1 is 1.25 bits per heavy atom. The number of halogens is 1. The highest BCUT2D eigenvalue weighted by atomic mass is 19.1. The molecule has 2 rings (SSSR count). The first-order valence-corrected chi connectivity index (χ1v) is 6.63. The second-order valence-corrected chi connectivity index (χ2v) is 5.64. The molecule has 0 fully saturated rings. The Morgan fingerprint density at radius 3 is 2.70 bits per heavy atom. The Morgan fingerprint density at radius 2 is 2.05 bits per heavy atom. The van der Waals surface area contributed by atoms with E-state index in [1.54, 1.807) is 0 Å². The van der Waals surface area contributed by atoms with Gasteiger partial charge < -0.3 is 9.73 Å². The molecule has 0 saturated carbocycles. The molecule has 0 saturated heterocycles. The molecular formula is C14H19FN4O. The van der Waals surface area contributed by atoms with Crippen molar-refractivity contribution in [2.45, 2.75) is 39.2 Å². The summed E-state index contributed by atoms with van der Waals surface area (Å²) in [7, 11) is 0. The van der Waals surface area contributed by atoms with Crippen molar-refractivity contribution >= 4 is 0 Å². The number of hydrogen-bond donors (Lipinski definition) is 1. The third kappa shape index (κ3) is 4.38. The van der Waals surface area contributed by atoms with E-state index in [0.29, 0.717) is 23.9 Å². The summed E-state index contributed by atoms with van der Waals surface area (Å²) in [5.74, 6) is 0.507. The van der Waals surface area contributed by atoms with Crippen molar-refractivity contribution in [3.63, 3.8) is 0 Å². The van der Waals surface area contributed by atoms with Gasteiger partial charge in [0.15, 0.2) is 0 Å². The Bertz CT molecular complexity index is 545. The van der Waals surface area contributed by atoms with Crippen LogP contribution in [-0.4, -0.2) is 27.3 Å². The number of pyridine rings is 1. The van der Waals surface area contributed by atoms with E-state index >= 15 is 0 Å². The zero-order valence-electron chi connectivity index (χ0n) is 12.0. The van der Waals surface area contributed by atoms with Crippen LogP contribution in [0.5, 0.6) is 0 Å². The lowest BCUT2D eigenvalue weighted by Gasteiger charge is -2.19. The van der Waals surface area contributed by atoms with E-state index in [1.165, 1.54) is 12.1 Å². The van der Waals surface area contributed by atoms with Crippen molar-refractivity contribution in [1.82, 2.24) is 20.5 Å². The lowest BCUT2D eigenvalue weighted by molar-refractivity contribution is 0.412. The van der Waals surface area contributed by atoms with Gasteiger partial charge in [-0.05, 0) is 45.9 Å². The highest BCUT2D eigenvalue weighted by molar-refractivity contribution is 5.45. The standard InChI is InChI=1S/C14H19FN4O/c1-14(2,3)17-8-4-5-12-18-19-13(20-12)11-7-6-10(15)9-16-11/h6-7,9,17H,4-5,8H2,1-3H3. The molecule has 0 aliphatic carbocycles. The number of nitrogens with zero attached hydrogens (tertiary/aromatic N) is 3. The minimum Gasteiger partial charge on any atom is -0.419 e. The van der Waals surface area contributed by atoms with Crippen molar-refractivity contribution in [2.75, 3.05) is 6.54 Å². The third-order valence-corrected chi connectivity index (χ3v) is 2.64. The summed E-state index contributed by atoms with van der Waals surface area (Å²) in [6, 6.07) is 2.84. The molecule has 0 radical (unpaired) electrons. The van der Waals surface area contributed by atoms with Gasteiger partial charge in [0.1, 0.15) is 11.5 Å². The van der Waals surface area contributed by atoms with Crippen LogP contribution in [0.15, 0.2) is 22.7 Å². The molecule has 1 N–H and O–H groups in total. The molecule has 0 aliphatic rings. The van der Waals surface area contributed by atoms with Gasteiger partial charge in [-0.1, -0.05) is 0 Å². The summed E-state index contributed by atoms with van der Waals surface area (Å²) in [5.41, 5.74) is 0.593. The van der Waals surface area contributed by atoms with E-state index in [9.17, 15) is 4.39 Å². The molecule has 2 heterocycles. The van der Waals surface area contributed by atoms with Gasteiger partial charge in [0.25, 0.3) is 5.89 Å². The smallest absolute Gasteiger partial charge is 0.266 e. The van der Waals surface area contributed by atoms with Crippen LogP contribution in [0.25, 0.3) is 11.6 Å². The number of aromatic nitrogens is 3. The van der Waals surface area contributed by atoms with E-state index in [1.807, 2.05) is 0 Å². The van der Waals surface area contributed by atoms with Crippen LogP contribution >= 0.6 is 0 Å². The van der Waals surface area contributed by atoms with Crippen molar-refractivity contribution < 1.29 is 8.81 Å². The summed E-state index contributed by atoms with van der Waals surface area (Å²) >= 11 is 0. The third-order valence-electron chi connectivity index (χ3n) is 2.64. The van der Waals surface area contributed by atoms with Crippen LogP contribution in [0.1, 0.15) is 33.1 Å². The maximum absolute atomic E-state index is 12.8. The van der Waals surface area contributed by atoms with Crippen LogP contribution in [0.2, 0.25) is 0 Å². The average molecular weight is 278 g/mol. The van der Waals surface area contributed by atoms with Crippen LogP contribution in [0, 0.1) is 5.82 Å². The molecule has 0 amide bonds. The summed E-state index contributed by atoms with van der Waals surface area (Å²) in [4.78, 5) is 3.91. The Hall–Kier alpha value is -1.82. The topological polar surface area (TPSA) is 63.8 Å². The summed E-state index contributed by atoms with van der Waals surface area (Å²) < 4.78 is 18.3. The van der Waals surface area contributed by atoms with Gasteiger partial charge in [-0.15, -0.1) is 10.2 Å². The number of hydrogen-bond acceptors (Lipinski definition) is 5. The van der Waals surface area contributed by atoms with Crippen molar-refractivity contribution in [3.8, 4) is 11.6 Å². The molecule has 108 valence electrons. The fourth-order valence-corrected chi connectivity index (χ4v) is 1.66. The molecule has 5 nitrogen and oxygen atoms in total. The van der Waals surface area contributed by atoms with E-state index in [0.717, 1.165) is 19.2 Å². The van der Waals surface area contributed by atoms with Gasteiger partial charge >= 0.3 is 0 Å². The lowest BCUT2D eigenvalue weighted by Crippen LogP contribution is -2.36. The quantitative estimate of drug-likeness (QED) is 0.852. The Kier molecular flexibility index (Phi) is 4.44. The Balaban J connectivity index is 1.88. The van der Waals surface area contributed by atoms with Crippen molar-refractivity contribution in [3.05, 3.63) is 30.0 Å². The largest absolute Gasteiger partial charge is 0.419 e. The summed E-state index contributed by atoms with van der Waals surface area (Å²) in [5, 5.41) is 11.3.